The van der Waals surface area contributed by atoms with E-state index in [9.17, 15) is 28.2 Å². The van der Waals surface area contributed by atoms with Crippen LogP contribution in [0.25, 0.3) is 0 Å². The minimum atomic E-state index is -4.02. The van der Waals surface area contributed by atoms with Gasteiger partial charge in [0, 0.05) is 164 Å². The number of carboxylic acids is 1. The molecule has 0 saturated heterocycles. The molecule has 6 rings (SSSR count). The fourth-order valence-corrected chi connectivity index (χ4v) is 6.31. The Morgan fingerprint density at radius 3 is 1.39 bits per heavy atom. The number of phenolic OH excluding ortho intramolecular Hbond substituents is 2. The summed E-state index contributed by atoms with van der Waals surface area (Å²) in [5.41, 5.74) is 8.69. The average Bonchev–Trinajstić information content (AvgIpc) is 3.73. The van der Waals surface area contributed by atoms with Gasteiger partial charge in [-0.05, 0) is 53.2 Å². The van der Waals surface area contributed by atoms with Crippen molar-refractivity contribution >= 4 is 122 Å². The van der Waals surface area contributed by atoms with E-state index in [1.807, 2.05) is 83.1 Å². The Hall–Kier alpha value is 2.78. The smallest absolute Gasteiger partial charge is 0 e. The van der Waals surface area contributed by atoms with Crippen molar-refractivity contribution in [2.24, 2.45) is 0 Å². The normalized spacial score (nSPS) is 12.5. The van der Waals surface area contributed by atoms with Crippen molar-refractivity contribution in [1.29, 1.82) is 0 Å². The summed E-state index contributed by atoms with van der Waals surface area (Å²) in [6.07, 6.45) is 0.786. The monoisotopic (exact) mass is 1910 g/mol. The number of ether oxygens (including phenoxy) is 5. The zero-order valence-corrected chi connectivity index (χ0v) is 67.4. The standard InChI is InChI=1S/C14H17O3.C13H17O3.C10H11O4.C7H8O3S.C5H12O.5HI.2V.3Y/c1-8(15)6-11-7-12-13(10(3)9(11)2)17-14(4,5)16-12;1-8-9(2)12-11(7-10(8)5-6-14)15-13(3,4)16-12;1-5-6(2)10(14)8(11)3-7(5)4-9(12)13;1-6-2-4-7(5-3-6)11(8,9)10;1-5(2,3)6-4;;;;;;;;;;/h6H2,1-5H3;14H,5-6H2,1-4H3;11,14H,4H2,1-2H3,(H,12,13);2-5H,1H3,(H,8,9,10);1-4H3;5*1H;;;;;/q3*-1;;;;;;;;+2;+3;;;/p-5. The van der Waals surface area contributed by atoms with Gasteiger partial charge >= 0.3 is 120 Å². The van der Waals surface area contributed by atoms with Gasteiger partial charge < -0.3 is 44.1 Å². The minimum absolute atomic E-state index is 0. The maximum atomic E-state index is 11.2. The second kappa shape index (κ2) is 39.3. The molecule has 0 spiro atoms. The van der Waals surface area contributed by atoms with Crippen LogP contribution in [0, 0.1) is 66.7 Å². The molecule has 0 atom stereocenters. The Bertz CT molecular complexity index is 2510. The van der Waals surface area contributed by atoms with Crippen molar-refractivity contribution in [3.8, 4) is 34.5 Å². The molecule has 0 aromatic heterocycles. The first-order chi connectivity index (χ1) is 32.4. The van der Waals surface area contributed by atoms with Crippen LogP contribution < -0.4 is 18.9 Å². The topological polar surface area (TPSA) is 216 Å². The molecule has 4 aromatic rings. The molecule has 3 radical (unpaired) electrons. The number of ketones is 1. The Balaban J connectivity index is -0.000000406. The van der Waals surface area contributed by atoms with Crippen molar-refractivity contribution in [2.75, 3.05) is 13.7 Å². The number of rotatable bonds is 7. The third kappa shape index (κ3) is 32.0. The molecule has 2 aliphatic heterocycles. The molecule has 14 nitrogen and oxygen atoms in total. The number of aliphatic carboxylic acids is 1. The average molecular weight is 1910 g/mol. The quantitative estimate of drug-likeness (QED) is 0.0504. The molecule has 2 heterocycles. The fraction of sp³-hybridized carbons (Fsp3) is 0.469. The predicted octanol–water partition coefficient (Wildman–Crippen LogP) is 13.1. The Morgan fingerprint density at radius 2 is 1.05 bits per heavy atom. The Morgan fingerprint density at radius 1 is 0.703 bits per heavy atom. The predicted molar refractivity (Wildman–Crippen MR) is 313 cm³/mol. The number of benzene rings is 4. The number of hydrogen-bond donors (Lipinski definition) is 5. The van der Waals surface area contributed by atoms with E-state index in [1.165, 1.54) is 12.1 Å². The number of carbonyl (C=O) groups excluding carboxylic acids is 1. The van der Waals surface area contributed by atoms with E-state index in [2.05, 4.69) is 118 Å². The SMILES string of the molecule is CC(=O)Cc1[c-]c2c(c(C)c1C)OC(C)(C)O2.COC(C)(C)C.Cc1c(CC(=O)O)[c-]c(O)c(O)c1C.Cc1c(CCO)[c-]c2c(c1C)OC(C)(C)O2.Cc1ccc(S(=O)(=O)O)cc1.[I][V]([I])[I].[I][V][I].[Y].[Y].[Y]. The van der Waals surface area contributed by atoms with E-state index in [0.717, 1.165) is 50.4 Å². The summed E-state index contributed by atoms with van der Waals surface area (Å²) in [6, 6.07) is 14.8. The van der Waals surface area contributed by atoms with Gasteiger partial charge in [0.25, 0.3) is 10.1 Å². The maximum Gasteiger partial charge on any atom is 0 e. The van der Waals surface area contributed by atoms with Crippen LogP contribution in [0.2, 0.25) is 0 Å². The van der Waals surface area contributed by atoms with Crippen molar-refractivity contribution < 1.29 is 179 Å². The van der Waals surface area contributed by atoms with E-state index in [0.29, 0.717) is 50.5 Å². The van der Waals surface area contributed by atoms with Crippen LogP contribution >= 0.6 is 99.9 Å². The van der Waals surface area contributed by atoms with Crippen molar-refractivity contribution in [3.05, 3.63) is 98.1 Å². The molecule has 0 amide bonds. The van der Waals surface area contributed by atoms with E-state index >= 15 is 0 Å². The van der Waals surface area contributed by atoms with E-state index in [1.54, 1.807) is 40.0 Å². The number of aromatic hydroxyl groups is 2. The van der Waals surface area contributed by atoms with Crippen LogP contribution in [0.4, 0.5) is 0 Å². The number of hydrogen-bond acceptors (Lipinski definition) is 12. The molecule has 25 heteroatoms. The Labute approximate surface area is 582 Å². The van der Waals surface area contributed by atoms with Crippen LogP contribution in [0.5, 0.6) is 34.5 Å². The molecule has 4 aromatic carbocycles. The van der Waals surface area contributed by atoms with Gasteiger partial charge in [-0.25, -0.2) is 0 Å². The van der Waals surface area contributed by atoms with Crippen LogP contribution in [0.3, 0.4) is 0 Å². The zero-order valence-electron chi connectivity index (χ0n) is 44.5. The molecule has 0 saturated carbocycles. The molecule has 0 unspecified atom stereocenters. The van der Waals surface area contributed by atoms with E-state index < -0.39 is 33.4 Å². The first-order valence-corrected chi connectivity index (χ1v) is 45.3. The van der Waals surface area contributed by atoms with Gasteiger partial charge in [0.15, 0.2) is 0 Å². The number of phenols is 2. The number of aryl methyl sites for hydroxylation is 1. The Kier molecular flexibility index (Phi) is 44.3. The number of fused-ring (bicyclic) bond motifs is 2. The third-order valence-electron chi connectivity index (χ3n) is 9.95. The fourth-order valence-electron chi connectivity index (χ4n) is 5.83. The number of halogens is 5. The second-order valence-electron chi connectivity index (χ2n) is 17.6. The van der Waals surface area contributed by atoms with Crippen molar-refractivity contribution in [3.63, 3.8) is 0 Å². The van der Waals surface area contributed by atoms with Gasteiger partial charge in [-0.3, -0.25) is 14.1 Å². The van der Waals surface area contributed by atoms with E-state index in [-0.39, 0.29) is 138 Å². The summed E-state index contributed by atoms with van der Waals surface area (Å²) < 4.78 is 57.3. The third-order valence-corrected chi connectivity index (χ3v) is 10.8. The zero-order chi connectivity index (χ0) is 55.6. The number of carbonyl (C=O) groups is 2. The summed E-state index contributed by atoms with van der Waals surface area (Å²) in [5, 5.41) is 36.1. The van der Waals surface area contributed by atoms with Gasteiger partial charge in [0.05, 0.1) is 33.5 Å². The minimum Gasteiger partial charge on any atom is 0 e. The largest absolute Gasteiger partial charge is 0 e. The number of methoxy groups -OCH3 is 1. The van der Waals surface area contributed by atoms with Gasteiger partial charge in [-0.1, -0.05) is 59.2 Å². The molecule has 0 aliphatic carbocycles. The first-order valence-electron chi connectivity index (χ1n) is 21.3. The van der Waals surface area contributed by atoms with Crippen LogP contribution in [0.1, 0.15) is 111 Å². The summed E-state index contributed by atoms with van der Waals surface area (Å²) in [5.74, 6) is 0.0465. The molecule has 74 heavy (non-hydrogen) atoms. The summed E-state index contributed by atoms with van der Waals surface area (Å²) in [6.45, 7) is 28.4. The molecular weight excluding hydrogens is 1850 g/mol. The molecule has 5 N–H and O–H groups in total. The molecule has 0 fully saturated rings. The van der Waals surface area contributed by atoms with Crippen molar-refractivity contribution in [1.82, 2.24) is 0 Å². The number of aliphatic hydroxyl groups excluding tert-OH is 1. The van der Waals surface area contributed by atoms with Crippen molar-refractivity contribution in [2.45, 2.75) is 145 Å². The van der Waals surface area contributed by atoms with Crippen LogP contribution in [-0.4, -0.2) is 76.0 Å². The summed E-state index contributed by atoms with van der Waals surface area (Å²) in [7, 11) is -1.68. The summed E-state index contributed by atoms with van der Waals surface area (Å²) >= 11 is 12.1. The second-order valence-corrected chi connectivity index (χ2v) is 66.1. The van der Waals surface area contributed by atoms with Crippen LogP contribution in [0.15, 0.2) is 29.2 Å². The van der Waals surface area contributed by atoms with Gasteiger partial charge in [-0.2, -0.15) is 14.0 Å². The first kappa shape index (κ1) is 83.2. The number of aliphatic hydroxyl groups is 1. The number of Topliss-reactive ketones (excluding diaryl/α,β-unsaturated/α-hetero) is 1. The molecule has 2 aliphatic rings. The molecule has 0 bridgehead atoms. The number of carboxylic acid groups (broad SMARTS) is 1. The van der Waals surface area contributed by atoms with Crippen LogP contribution in [-0.2, 0) is 156 Å². The molecule has 408 valence electrons. The van der Waals surface area contributed by atoms with Gasteiger partial charge in [-0.15, -0.1) is 62.7 Å². The van der Waals surface area contributed by atoms with E-state index in [4.69, 9.17) is 38.5 Å². The van der Waals surface area contributed by atoms with Gasteiger partial charge in [0.2, 0.25) is 11.6 Å². The molecular formula is C49H65I5O14SV2Y3-3. The van der Waals surface area contributed by atoms with Gasteiger partial charge in [0.1, 0.15) is 5.78 Å². The summed E-state index contributed by atoms with van der Waals surface area (Å²) in [4.78, 5) is 21.3. The maximum absolute atomic E-state index is 11.2.